The van der Waals surface area contributed by atoms with Crippen LogP contribution in [-0.2, 0) is 19.3 Å². The summed E-state index contributed by atoms with van der Waals surface area (Å²) in [7, 11) is 2.02. The van der Waals surface area contributed by atoms with Gasteiger partial charge in [0.25, 0.3) is 0 Å². The summed E-state index contributed by atoms with van der Waals surface area (Å²) in [5.74, 6) is 1.06. The monoisotopic (exact) mass is 307 g/mol. The molecule has 1 atom stereocenters. The van der Waals surface area contributed by atoms with Crippen LogP contribution in [0.5, 0.6) is 5.75 Å². The Bertz CT molecular complexity index is 582. The summed E-state index contributed by atoms with van der Waals surface area (Å²) in [6.07, 6.45) is 2.95. The lowest BCUT2D eigenvalue weighted by Crippen LogP contribution is -2.29. The Morgan fingerprint density at radius 3 is 3.05 bits per heavy atom. The largest absolute Gasteiger partial charge is 0.493 e. The Kier molecular flexibility index (Phi) is 4.29. The normalized spacial score (nSPS) is 14.9. The van der Waals surface area contributed by atoms with Crippen molar-refractivity contribution in [3.8, 4) is 5.75 Å². The zero-order chi connectivity index (χ0) is 13.9. The highest BCUT2D eigenvalue weighted by Gasteiger charge is 2.20. The molecule has 2 aromatic rings. The van der Waals surface area contributed by atoms with Crippen molar-refractivity contribution >= 4 is 22.9 Å². The maximum atomic E-state index is 6.22. The van der Waals surface area contributed by atoms with E-state index in [4.69, 9.17) is 16.3 Å². The minimum Gasteiger partial charge on any atom is -0.493 e. The SMILES string of the molecule is CNC(Cc1cccs1)Cc1cc(Cl)cc2c1OCC2. The summed E-state index contributed by atoms with van der Waals surface area (Å²) in [6, 6.07) is 8.77. The lowest BCUT2D eigenvalue weighted by atomic mass is 9.99. The molecule has 1 aliphatic rings. The van der Waals surface area contributed by atoms with E-state index in [2.05, 4.69) is 22.8 Å². The van der Waals surface area contributed by atoms with Gasteiger partial charge in [0.1, 0.15) is 5.75 Å². The smallest absolute Gasteiger partial charge is 0.125 e. The molecular formula is C16H18ClNOS. The van der Waals surface area contributed by atoms with Crippen LogP contribution in [0.3, 0.4) is 0 Å². The second-order valence-electron chi connectivity index (χ2n) is 5.12. The highest BCUT2D eigenvalue weighted by atomic mass is 35.5. The number of nitrogens with one attached hydrogen (secondary N) is 1. The van der Waals surface area contributed by atoms with Crippen molar-refractivity contribution < 1.29 is 4.74 Å². The zero-order valence-electron chi connectivity index (χ0n) is 11.5. The van der Waals surface area contributed by atoms with Crippen LogP contribution in [0.2, 0.25) is 5.02 Å². The second kappa shape index (κ2) is 6.17. The van der Waals surface area contributed by atoms with Gasteiger partial charge in [-0.05, 0) is 54.6 Å². The van der Waals surface area contributed by atoms with Crippen molar-refractivity contribution in [2.45, 2.75) is 25.3 Å². The van der Waals surface area contributed by atoms with E-state index in [-0.39, 0.29) is 0 Å². The van der Waals surface area contributed by atoms with E-state index >= 15 is 0 Å². The molecular weight excluding hydrogens is 290 g/mol. The Hall–Kier alpha value is -1.03. The number of benzene rings is 1. The number of halogens is 1. The molecule has 0 aliphatic carbocycles. The molecule has 1 aromatic heterocycles. The maximum absolute atomic E-state index is 6.22. The summed E-state index contributed by atoms with van der Waals surface area (Å²) in [6.45, 7) is 0.776. The van der Waals surface area contributed by atoms with Crippen LogP contribution in [-0.4, -0.2) is 19.7 Å². The van der Waals surface area contributed by atoms with Gasteiger partial charge in [-0.15, -0.1) is 11.3 Å². The predicted molar refractivity (Wildman–Crippen MR) is 85.2 cm³/mol. The molecule has 1 aliphatic heterocycles. The Morgan fingerprint density at radius 1 is 1.40 bits per heavy atom. The molecule has 2 nitrogen and oxygen atoms in total. The first-order valence-corrected chi connectivity index (χ1v) is 8.16. The van der Waals surface area contributed by atoms with E-state index in [1.807, 2.05) is 30.5 Å². The molecule has 1 aromatic carbocycles. The van der Waals surface area contributed by atoms with Gasteiger partial charge in [0.05, 0.1) is 6.61 Å². The van der Waals surface area contributed by atoms with Crippen molar-refractivity contribution in [1.29, 1.82) is 0 Å². The summed E-state index contributed by atoms with van der Waals surface area (Å²) in [5.41, 5.74) is 2.47. The predicted octanol–water partition coefficient (Wildman–Crippen LogP) is 3.71. The summed E-state index contributed by atoms with van der Waals surface area (Å²) < 4.78 is 5.78. The van der Waals surface area contributed by atoms with Crippen molar-refractivity contribution in [2.75, 3.05) is 13.7 Å². The Balaban J connectivity index is 1.79. The molecule has 1 unspecified atom stereocenters. The molecule has 0 saturated heterocycles. The van der Waals surface area contributed by atoms with Crippen LogP contribution < -0.4 is 10.1 Å². The van der Waals surface area contributed by atoms with Crippen LogP contribution >= 0.6 is 22.9 Å². The number of rotatable bonds is 5. The molecule has 106 valence electrons. The number of thiophene rings is 1. The van der Waals surface area contributed by atoms with Gasteiger partial charge < -0.3 is 10.1 Å². The van der Waals surface area contributed by atoms with Crippen LogP contribution in [0, 0.1) is 0 Å². The molecule has 20 heavy (non-hydrogen) atoms. The molecule has 0 fully saturated rings. The van der Waals surface area contributed by atoms with E-state index in [1.165, 1.54) is 16.0 Å². The summed E-state index contributed by atoms with van der Waals surface area (Å²) in [5, 5.41) is 6.35. The first kappa shape index (κ1) is 13.9. The lowest BCUT2D eigenvalue weighted by molar-refractivity contribution is 0.351. The molecule has 0 saturated carbocycles. The van der Waals surface area contributed by atoms with Gasteiger partial charge in [0.15, 0.2) is 0 Å². The van der Waals surface area contributed by atoms with Crippen molar-refractivity contribution in [1.82, 2.24) is 5.32 Å². The molecule has 4 heteroatoms. The van der Waals surface area contributed by atoms with Crippen molar-refractivity contribution in [2.24, 2.45) is 0 Å². The van der Waals surface area contributed by atoms with E-state index in [0.29, 0.717) is 6.04 Å². The fourth-order valence-corrected chi connectivity index (χ4v) is 3.76. The highest BCUT2D eigenvalue weighted by molar-refractivity contribution is 7.09. The number of ether oxygens (including phenoxy) is 1. The standard InChI is InChI=1S/C16H18ClNOS/c1-18-14(10-15-3-2-6-20-15)9-12-8-13(17)7-11-4-5-19-16(11)12/h2-3,6-8,14,18H,4-5,9-10H2,1H3. The molecule has 0 amide bonds. The summed E-state index contributed by atoms with van der Waals surface area (Å²) in [4.78, 5) is 1.41. The fourth-order valence-electron chi connectivity index (χ4n) is 2.71. The van der Waals surface area contributed by atoms with Crippen LogP contribution in [0.1, 0.15) is 16.0 Å². The topological polar surface area (TPSA) is 21.3 Å². The third kappa shape index (κ3) is 3.00. The zero-order valence-corrected chi connectivity index (χ0v) is 13.1. The summed E-state index contributed by atoms with van der Waals surface area (Å²) >= 11 is 8.03. The maximum Gasteiger partial charge on any atom is 0.125 e. The first-order valence-electron chi connectivity index (χ1n) is 6.90. The Morgan fingerprint density at radius 2 is 2.30 bits per heavy atom. The lowest BCUT2D eigenvalue weighted by Gasteiger charge is -2.17. The molecule has 3 rings (SSSR count). The minimum absolute atomic E-state index is 0.403. The number of hydrogen-bond donors (Lipinski definition) is 1. The van der Waals surface area contributed by atoms with Gasteiger partial charge >= 0.3 is 0 Å². The van der Waals surface area contributed by atoms with Gasteiger partial charge in [-0.25, -0.2) is 0 Å². The number of fused-ring (bicyclic) bond motifs is 1. The third-order valence-electron chi connectivity index (χ3n) is 3.73. The van der Waals surface area contributed by atoms with E-state index in [1.54, 1.807) is 0 Å². The van der Waals surface area contributed by atoms with Crippen LogP contribution in [0.4, 0.5) is 0 Å². The molecule has 1 N–H and O–H groups in total. The van der Waals surface area contributed by atoms with Gasteiger partial charge in [-0.1, -0.05) is 17.7 Å². The minimum atomic E-state index is 0.403. The molecule has 0 bridgehead atoms. The molecule has 2 heterocycles. The van der Waals surface area contributed by atoms with Crippen LogP contribution in [0.15, 0.2) is 29.6 Å². The Labute approximate surface area is 128 Å². The van der Waals surface area contributed by atoms with Crippen molar-refractivity contribution in [3.05, 3.63) is 50.7 Å². The second-order valence-corrected chi connectivity index (χ2v) is 6.59. The number of hydrogen-bond acceptors (Lipinski definition) is 3. The number of likely N-dealkylation sites (N-methyl/N-ethyl adjacent to an activating group) is 1. The highest BCUT2D eigenvalue weighted by Crippen LogP contribution is 2.33. The quantitative estimate of drug-likeness (QED) is 0.909. The van der Waals surface area contributed by atoms with E-state index in [9.17, 15) is 0 Å². The fraction of sp³-hybridized carbons (Fsp3) is 0.375. The van der Waals surface area contributed by atoms with Gasteiger partial charge in [-0.2, -0.15) is 0 Å². The van der Waals surface area contributed by atoms with Gasteiger partial charge in [0, 0.05) is 22.4 Å². The van der Waals surface area contributed by atoms with Gasteiger partial charge in [-0.3, -0.25) is 0 Å². The van der Waals surface area contributed by atoms with E-state index in [0.717, 1.165) is 36.6 Å². The molecule has 0 radical (unpaired) electrons. The van der Waals surface area contributed by atoms with E-state index < -0.39 is 0 Å². The van der Waals surface area contributed by atoms with Gasteiger partial charge in [0.2, 0.25) is 0 Å². The van der Waals surface area contributed by atoms with Crippen molar-refractivity contribution in [3.63, 3.8) is 0 Å². The van der Waals surface area contributed by atoms with Crippen LogP contribution in [0.25, 0.3) is 0 Å². The molecule has 0 spiro atoms. The third-order valence-corrected chi connectivity index (χ3v) is 4.84. The first-order chi connectivity index (χ1) is 9.76. The average molecular weight is 308 g/mol. The average Bonchev–Trinajstić information content (AvgIpc) is 3.08.